The van der Waals surface area contributed by atoms with E-state index in [-0.39, 0.29) is 24.2 Å². The molecule has 0 aromatic rings. The highest BCUT2D eigenvalue weighted by atomic mass is 35.5. The van der Waals surface area contributed by atoms with Crippen molar-refractivity contribution >= 4 is 23.5 Å². The average Bonchev–Trinajstić information content (AvgIpc) is 2.92. The van der Waals surface area contributed by atoms with Gasteiger partial charge in [-0.3, -0.25) is 10.1 Å². The lowest BCUT2D eigenvalue weighted by Crippen LogP contribution is -2.47. The van der Waals surface area contributed by atoms with Crippen molar-refractivity contribution in [3.63, 3.8) is 0 Å². The molecule has 0 aromatic carbocycles. The van der Waals surface area contributed by atoms with Crippen LogP contribution in [0.2, 0.25) is 0 Å². The molecule has 0 spiro atoms. The standard InChI is InChI=1S/C14H24ClN3O2/c15-6-3-13(19)16-14(20)18-9-4-12(5-10-18)11-17-7-1-2-8-17/h12H,1-11H2,(H,16,19,20). The molecule has 2 saturated heterocycles. The van der Waals surface area contributed by atoms with E-state index in [1.165, 1.54) is 32.5 Å². The quantitative estimate of drug-likeness (QED) is 0.804. The molecule has 0 aromatic heterocycles. The number of alkyl halides is 1. The lowest BCUT2D eigenvalue weighted by atomic mass is 9.96. The molecule has 0 radical (unpaired) electrons. The third kappa shape index (κ3) is 4.63. The number of hydrogen-bond donors (Lipinski definition) is 1. The van der Waals surface area contributed by atoms with E-state index in [0.717, 1.165) is 25.9 Å². The summed E-state index contributed by atoms with van der Waals surface area (Å²) in [6.45, 7) is 5.12. The van der Waals surface area contributed by atoms with Crippen LogP contribution in [0.25, 0.3) is 0 Å². The van der Waals surface area contributed by atoms with Gasteiger partial charge < -0.3 is 9.80 Å². The second-order valence-electron chi connectivity index (χ2n) is 5.73. The maximum atomic E-state index is 11.9. The number of hydrogen-bond acceptors (Lipinski definition) is 3. The molecule has 0 atom stereocenters. The first-order valence-corrected chi connectivity index (χ1v) is 8.09. The second kappa shape index (κ2) is 7.84. The van der Waals surface area contributed by atoms with Crippen LogP contribution in [-0.4, -0.2) is 60.3 Å². The van der Waals surface area contributed by atoms with Gasteiger partial charge in [0.15, 0.2) is 0 Å². The second-order valence-corrected chi connectivity index (χ2v) is 6.11. The minimum Gasteiger partial charge on any atom is -0.324 e. The fraction of sp³-hybridized carbons (Fsp3) is 0.857. The van der Waals surface area contributed by atoms with Gasteiger partial charge in [0.25, 0.3) is 0 Å². The van der Waals surface area contributed by atoms with Crippen LogP contribution >= 0.6 is 11.6 Å². The monoisotopic (exact) mass is 301 g/mol. The van der Waals surface area contributed by atoms with Crippen molar-refractivity contribution in [2.45, 2.75) is 32.1 Å². The zero-order chi connectivity index (χ0) is 14.4. The fourth-order valence-corrected chi connectivity index (χ4v) is 3.17. The smallest absolute Gasteiger partial charge is 0.324 e. The summed E-state index contributed by atoms with van der Waals surface area (Å²) in [7, 11) is 0. The van der Waals surface area contributed by atoms with Crippen molar-refractivity contribution in [2.24, 2.45) is 5.92 Å². The van der Waals surface area contributed by atoms with E-state index in [1.54, 1.807) is 4.90 Å². The predicted molar refractivity (Wildman–Crippen MR) is 78.8 cm³/mol. The van der Waals surface area contributed by atoms with Crippen LogP contribution in [0.5, 0.6) is 0 Å². The molecule has 0 unspecified atom stereocenters. The maximum absolute atomic E-state index is 11.9. The van der Waals surface area contributed by atoms with Crippen molar-refractivity contribution in [3.05, 3.63) is 0 Å². The number of carbonyl (C=O) groups is 2. The minimum absolute atomic E-state index is 0.193. The molecule has 0 aliphatic carbocycles. The van der Waals surface area contributed by atoms with Crippen LogP contribution in [0.1, 0.15) is 32.1 Å². The summed E-state index contributed by atoms with van der Waals surface area (Å²) >= 11 is 5.48. The highest BCUT2D eigenvalue weighted by molar-refractivity contribution is 6.19. The van der Waals surface area contributed by atoms with E-state index in [2.05, 4.69) is 10.2 Å². The summed E-state index contributed by atoms with van der Waals surface area (Å²) in [4.78, 5) is 27.5. The molecule has 0 saturated carbocycles. The van der Waals surface area contributed by atoms with Crippen LogP contribution in [0.3, 0.4) is 0 Å². The topological polar surface area (TPSA) is 52.7 Å². The Morgan fingerprint density at radius 1 is 1.10 bits per heavy atom. The highest BCUT2D eigenvalue weighted by Crippen LogP contribution is 2.20. The lowest BCUT2D eigenvalue weighted by molar-refractivity contribution is -0.119. The number of halogens is 1. The Balaban J connectivity index is 1.67. The molecule has 2 rings (SSSR count). The Morgan fingerprint density at radius 3 is 2.35 bits per heavy atom. The van der Waals surface area contributed by atoms with E-state index in [9.17, 15) is 9.59 Å². The summed E-state index contributed by atoms with van der Waals surface area (Å²) < 4.78 is 0. The minimum atomic E-state index is -0.288. The zero-order valence-corrected chi connectivity index (χ0v) is 12.7. The largest absolute Gasteiger partial charge is 0.324 e. The van der Waals surface area contributed by atoms with Gasteiger partial charge >= 0.3 is 6.03 Å². The van der Waals surface area contributed by atoms with E-state index in [1.807, 2.05) is 0 Å². The van der Waals surface area contributed by atoms with Crippen LogP contribution in [0.4, 0.5) is 4.79 Å². The Morgan fingerprint density at radius 2 is 1.75 bits per heavy atom. The van der Waals surface area contributed by atoms with E-state index >= 15 is 0 Å². The number of imide groups is 1. The van der Waals surface area contributed by atoms with E-state index < -0.39 is 0 Å². The number of nitrogens with one attached hydrogen (secondary N) is 1. The Bertz CT molecular complexity index is 337. The molecular weight excluding hydrogens is 278 g/mol. The number of likely N-dealkylation sites (tertiary alicyclic amines) is 2. The molecule has 2 fully saturated rings. The first-order chi connectivity index (χ1) is 9.69. The number of rotatable bonds is 4. The van der Waals surface area contributed by atoms with Gasteiger partial charge in [0.2, 0.25) is 5.91 Å². The fourth-order valence-electron chi connectivity index (χ4n) is 3.00. The van der Waals surface area contributed by atoms with Gasteiger partial charge in [-0.1, -0.05) is 0 Å². The third-order valence-corrected chi connectivity index (χ3v) is 4.37. The summed E-state index contributed by atoms with van der Waals surface area (Å²) in [5, 5.41) is 2.39. The maximum Gasteiger partial charge on any atom is 0.324 e. The summed E-state index contributed by atoms with van der Waals surface area (Å²) in [6, 6.07) is -0.264. The summed E-state index contributed by atoms with van der Waals surface area (Å²) in [5.41, 5.74) is 0. The molecule has 5 nitrogen and oxygen atoms in total. The molecule has 114 valence electrons. The van der Waals surface area contributed by atoms with Crippen molar-refractivity contribution in [1.82, 2.24) is 15.1 Å². The molecule has 6 heteroatoms. The van der Waals surface area contributed by atoms with Gasteiger partial charge in [-0.2, -0.15) is 0 Å². The van der Waals surface area contributed by atoms with Crippen LogP contribution in [0.15, 0.2) is 0 Å². The van der Waals surface area contributed by atoms with Gasteiger partial charge in [0, 0.05) is 31.9 Å². The molecular formula is C14H24ClN3O2. The van der Waals surface area contributed by atoms with Gasteiger partial charge in [0.1, 0.15) is 0 Å². The average molecular weight is 302 g/mol. The Labute approximate surface area is 125 Å². The van der Waals surface area contributed by atoms with Crippen molar-refractivity contribution in [2.75, 3.05) is 38.6 Å². The van der Waals surface area contributed by atoms with Crippen LogP contribution in [-0.2, 0) is 4.79 Å². The Kier molecular flexibility index (Phi) is 6.10. The molecule has 2 heterocycles. The lowest BCUT2D eigenvalue weighted by Gasteiger charge is -2.33. The SMILES string of the molecule is O=C(CCCl)NC(=O)N1CCC(CN2CCCC2)CC1. The molecule has 3 amide bonds. The number of piperidine rings is 1. The first kappa shape index (κ1) is 15.6. The van der Waals surface area contributed by atoms with Gasteiger partial charge in [0.05, 0.1) is 0 Å². The molecule has 2 aliphatic rings. The molecule has 1 N–H and O–H groups in total. The summed E-state index contributed by atoms with van der Waals surface area (Å²) in [6.07, 6.45) is 4.91. The van der Waals surface area contributed by atoms with Gasteiger partial charge in [-0.15, -0.1) is 11.6 Å². The van der Waals surface area contributed by atoms with Crippen LogP contribution in [0, 0.1) is 5.92 Å². The molecule has 20 heavy (non-hydrogen) atoms. The highest BCUT2D eigenvalue weighted by Gasteiger charge is 2.25. The molecule has 2 aliphatic heterocycles. The number of urea groups is 1. The predicted octanol–water partition coefficient (Wildman–Crippen LogP) is 1.66. The number of amides is 3. The van der Waals surface area contributed by atoms with Crippen LogP contribution < -0.4 is 5.32 Å². The Hall–Kier alpha value is -0.810. The van der Waals surface area contributed by atoms with Crippen molar-refractivity contribution in [1.29, 1.82) is 0 Å². The van der Waals surface area contributed by atoms with Gasteiger partial charge in [-0.05, 0) is 44.7 Å². The molecule has 0 bridgehead atoms. The summed E-state index contributed by atoms with van der Waals surface area (Å²) in [5.74, 6) is 0.650. The number of carbonyl (C=O) groups excluding carboxylic acids is 2. The normalized spacial score (nSPS) is 21.1. The zero-order valence-electron chi connectivity index (χ0n) is 11.9. The first-order valence-electron chi connectivity index (χ1n) is 7.56. The van der Waals surface area contributed by atoms with E-state index in [0.29, 0.717) is 5.92 Å². The van der Waals surface area contributed by atoms with Crippen molar-refractivity contribution in [3.8, 4) is 0 Å². The number of nitrogens with zero attached hydrogens (tertiary/aromatic N) is 2. The van der Waals surface area contributed by atoms with Crippen molar-refractivity contribution < 1.29 is 9.59 Å². The van der Waals surface area contributed by atoms with Gasteiger partial charge in [-0.25, -0.2) is 4.79 Å². The third-order valence-electron chi connectivity index (χ3n) is 4.18. The van der Waals surface area contributed by atoms with E-state index in [4.69, 9.17) is 11.6 Å².